The Bertz CT molecular complexity index is 1010. The molecule has 0 N–H and O–H groups in total. The van der Waals surface area contributed by atoms with Gasteiger partial charge in [0.2, 0.25) is 16.6 Å². The smallest absolute Gasteiger partial charge is 0.298 e. The summed E-state index contributed by atoms with van der Waals surface area (Å²) in [4.78, 5) is 15.6. The Balaban J connectivity index is 2.88. The van der Waals surface area contributed by atoms with Crippen molar-refractivity contribution in [2.75, 3.05) is 0 Å². The quantitative estimate of drug-likeness (QED) is 0.0984. The van der Waals surface area contributed by atoms with Gasteiger partial charge in [-0.3, -0.25) is 15.1 Å². The predicted molar refractivity (Wildman–Crippen MR) is 170 cm³/mol. The van der Waals surface area contributed by atoms with Crippen molar-refractivity contribution in [2.45, 2.75) is 142 Å². The molecule has 2 heterocycles. The van der Waals surface area contributed by atoms with E-state index in [1.807, 2.05) is 25.2 Å². The standard InChI is InChI=1S/C31H54N2O5Si2/c1-14-15-28-31(38-40(23(8)9,24(10)11)25(12)13)30(37-39(20(2)3,21(4)5)22(6)7)18-29(36-28)26-16-17-32-19-27(26)33(34)35/h14-25,28,30-31H,1-13H3/b15-14+/t28-,30-,31-/m1/s1. The molecule has 0 aromatic carbocycles. The van der Waals surface area contributed by atoms with Crippen LogP contribution in [0.1, 0.15) is 95.6 Å². The summed E-state index contributed by atoms with van der Waals surface area (Å²) in [7, 11) is -4.71. The second-order valence-electron chi connectivity index (χ2n) is 13.1. The van der Waals surface area contributed by atoms with E-state index in [-0.39, 0.29) is 11.8 Å². The molecule has 0 fully saturated rings. The minimum atomic E-state index is -2.37. The molecule has 0 radical (unpaired) electrons. The van der Waals surface area contributed by atoms with Gasteiger partial charge in [0.05, 0.1) is 16.6 Å². The Morgan fingerprint density at radius 3 is 1.77 bits per heavy atom. The van der Waals surface area contributed by atoms with Gasteiger partial charge in [0.1, 0.15) is 24.2 Å². The van der Waals surface area contributed by atoms with Gasteiger partial charge in [-0.05, 0) is 58.4 Å². The van der Waals surface area contributed by atoms with Gasteiger partial charge in [-0.1, -0.05) is 89.2 Å². The Kier molecular flexibility index (Phi) is 11.9. The summed E-state index contributed by atoms with van der Waals surface area (Å²) in [5.74, 6) is 0.451. The van der Waals surface area contributed by atoms with Crippen molar-refractivity contribution < 1.29 is 18.5 Å². The van der Waals surface area contributed by atoms with Gasteiger partial charge in [-0.2, -0.15) is 0 Å². The van der Waals surface area contributed by atoms with Gasteiger partial charge in [-0.25, -0.2) is 0 Å². The van der Waals surface area contributed by atoms with Crippen molar-refractivity contribution in [1.29, 1.82) is 0 Å². The maximum Gasteiger partial charge on any atom is 0.298 e. The molecule has 2 rings (SSSR count). The summed E-state index contributed by atoms with van der Waals surface area (Å²) in [5.41, 5.74) is 2.57. The van der Waals surface area contributed by atoms with Crippen LogP contribution < -0.4 is 0 Å². The van der Waals surface area contributed by atoms with Crippen LogP contribution in [-0.4, -0.2) is 44.9 Å². The second-order valence-corrected chi connectivity index (χ2v) is 23.9. The summed E-state index contributed by atoms with van der Waals surface area (Å²) in [6.45, 7) is 29.3. The first-order chi connectivity index (χ1) is 18.6. The third-order valence-corrected chi connectivity index (χ3v) is 21.2. The van der Waals surface area contributed by atoms with Crippen LogP contribution in [0.4, 0.5) is 5.69 Å². The summed E-state index contributed by atoms with van der Waals surface area (Å²) in [5, 5.41) is 12.0. The molecule has 1 aliphatic rings. The van der Waals surface area contributed by atoms with Crippen LogP contribution in [0.15, 0.2) is 36.7 Å². The molecule has 9 heteroatoms. The van der Waals surface area contributed by atoms with Gasteiger partial charge in [-0.15, -0.1) is 0 Å². The zero-order valence-electron chi connectivity index (χ0n) is 27.1. The van der Waals surface area contributed by atoms with Crippen LogP contribution in [0.25, 0.3) is 5.76 Å². The fourth-order valence-electron chi connectivity index (χ4n) is 7.44. The minimum Gasteiger partial charge on any atom is -0.483 e. The number of pyridine rings is 1. The van der Waals surface area contributed by atoms with Gasteiger partial charge in [0.15, 0.2) is 0 Å². The van der Waals surface area contributed by atoms with E-state index in [2.05, 4.69) is 88.1 Å². The number of rotatable bonds is 13. The van der Waals surface area contributed by atoms with Crippen molar-refractivity contribution in [3.8, 4) is 0 Å². The maximum absolute atomic E-state index is 12.0. The monoisotopic (exact) mass is 590 g/mol. The molecule has 7 nitrogen and oxygen atoms in total. The van der Waals surface area contributed by atoms with E-state index < -0.39 is 33.8 Å². The Hall–Kier alpha value is -1.82. The fourth-order valence-corrected chi connectivity index (χ4v) is 18.5. The topological polar surface area (TPSA) is 83.7 Å². The largest absolute Gasteiger partial charge is 0.483 e. The van der Waals surface area contributed by atoms with E-state index in [4.69, 9.17) is 13.6 Å². The molecule has 0 spiro atoms. The Labute approximate surface area is 245 Å². The highest BCUT2D eigenvalue weighted by Gasteiger charge is 2.53. The van der Waals surface area contributed by atoms with Crippen LogP contribution in [0.3, 0.4) is 0 Å². The zero-order valence-corrected chi connectivity index (χ0v) is 29.1. The molecule has 0 unspecified atom stereocenters. The lowest BCUT2D eigenvalue weighted by molar-refractivity contribution is -0.385. The first-order valence-corrected chi connectivity index (χ1v) is 19.3. The number of aromatic nitrogens is 1. The first-order valence-electron chi connectivity index (χ1n) is 15.0. The predicted octanol–water partition coefficient (Wildman–Crippen LogP) is 9.43. The molecule has 1 aromatic heterocycles. The molecule has 0 amide bonds. The lowest BCUT2D eigenvalue weighted by Gasteiger charge is -2.51. The maximum atomic E-state index is 12.0. The van der Waals surface area contributed by atoms with Crippen molar-refractivity contribution >= 4 is 28.1 Å². The van der Waals surface area contributed by atoms with Gasteiger partial charge in [0.25, 0.3) is 5.69 Å². The van der Waals surface area contributed by atoms with Crippen molar-refractivity contribution in [3.63, 3.8) is 0 Å². The molecule has 40 heavy (non-hydrogen) atoms. The van der Waals surface area contributed by atoms with E-state index in [0.29, 0.717) is 44.6 Å². The molecular formula is C31H54N2O5Si2. The third-order valence-electron chi connectivity index (χ3n) is 8.97. The van der Waals surface area contributed by atoms with Crippen LogP contribution >= 0.6 is 0 Å². The number of nitro groups is 1. The molecule has 1 aliphatic heterocycles. The van der Waals surface area contributed by atoms with Crippen LogP contribution in [-0.2, 0) is 13.6 Å². The molecule has 3 atom stereocenters. The summed E-state index contributed by atoms with van der Waals surface area (Å²) in [6, 6.07) is 1.66. The SMILES string of the molecule is C/C=C/[C@H]1OC(c2ccncc2[N+](=O)[O-])=C[C@@H](O[Si](C(C)C)(C(C)C)C(C)C)[C@@H]1O[Si](C(C)C)(C(C)C)C(C)C. The Morgan fingerprint density at radius 2 is 1.35 bits per heavy atom. The van der Waals surface area contributed by atoms with E-state index in [0.717, 1.165) is 0 Å². The first kappa shape index (κ1) is 34.4. The lowest BCUT2D eigenvalue weighted by atomic mass is 10.0. The summed E-state index contributed by atoms with van der Waals surface area (Å²) < 4.78 is 21.5. The minimum absolute atomic E-state index is 0.0820. The molecule has 0 bridgehead atoms. The van der Waals surface area contributed by atoms with Crippen LogP contribution in [0.2, 0.25) is 33.2 Å². The van der Waals surface area contributed by atoms with Crippen LogP contribution in [0, 0.1) is 10.1 Å². The molecule has 0 saturated carbocycles. The van der Waals surface area contributed by atoms with Crippen molar-refractivity contribution in [2.24, 2.45) is 0 Å². The average molecular weight is 591 g/mol. The van der Waals surface area contributed by atoms with E-state index in [1.165, 1.54) is 6.20 Å². The van der Waals surface area contributed by atoms with Crippen molar-refractivity contribution in [1.82, 2.24) is 4.98 Å². The number of allylic oxidation sites excluding steroid dienone is 1. The van der Waals surface area contributed by atoms with E-state index in [9.17, 15) is 10.1 Å². The number of nitrogens with zero attached hydrogens (tertiary/aromatic N) is 2. The van der Waals surface area contributed by atoms with Gasteiger partial charge < -0.3 is 13.6 Å². The second kappa shape index (κ2) is 13.9. The highest BCUT2D eigenvalue weighted by molar-refractivity contribution is 6.78. The van der Waals surface area contributed by atoms with Gasteiger partial charge >= 0.3 is 0 Å². The van der Waals surface area contributed by atoms with Crippen molar-refractivity contribution in [3.05, 3.63) is 52.4 Å². The molecule has 0 aliphatic carbocycles. The lowest BCUT2D eigenvalue weighted by Crippen LogP contribution is -2.59. The third kappa shape index (κ3) is 6.63. The average Bonchev–Trinajstić information content (AvgIpc) is 2.85. The summed E-state index contributed by atoms with van der Waals surface area (Å²) >= 11 is 0. The normalized spacial score (nSPS) is 20.9. The molecular weight excluding hydrogens is 537 g/mol. The van der Waals surface area contributed by atoms with Crippen LogP contribution in [0.5, 0.6) is 0 Å². The summed E-state index contributed by atoms with van der Waals surface area (Å²) in [6.07, 6.45) is 7.56. The zero-order chi connectivity index (χ0) is 30.6. The van der Waals surface area contributed by atoms with E-state index in [1.54, 1.807) is 12.3 Å². The highest BCUT2D eigenvalue weighted by Crippen LogP contribution is 2.48. The fraction of sp³-hybridized carbons (Fsp3) is 0.710. The highest BCUT2D eigenvalue weighted by atomic mass is 28.4. The van der Waals surface area contributed by atoms with E-state index >= 15 is 0 Å². The number of ether oxygens (including phenoxy) is 1. The number of hydrogen-bond donors (Lipinski definition) is 0. The molecule has 1 aromatic rings. The molecule has 226 valence electrons. The number of hydrogen-bond acceptors (Lipinski definition) is 6. The Morgan fingerprint density at radius 1 is 0.875 bits per heavy atom. The molecule has 0 saturated heterocycles. The van der Waals surface area contributed by atoms with Gasteiger partial charge in [0, 0.05) is 6.20 Å².